The predicted molar refractivity (Wildman–Crippen MR) is 95.6 cm³/mol. The molecule has 1 aromatic carbocycles. The van der Waals surface area contributed by atoms with Crippen LogP contribution in [0, 0.1) is 7.14 Å². The summed E-state index contributed by atoms with van der Waals surface area (Å²) < 4.78 is 37.3. The Kier molecular flexibility index (Phi) is 5.94. The van der Waals surface area contributed by atoms with Gasteiger partial charge >= 0.3 is 5.97 Å². The van der Waals surface area contributed by atoms with Crippen molar-refractivity contribution in [2.45, 2.75) is 43.1 Å². The van der Waals surface area contributed by atoms with Crippen LogP contribution in [-0.4, -0.2) is 30.2 Å². The SMILES string of the molecule is O=C(OC1CCCCC1)c1cc(I)c(S(=O)(=O)O)c(I)c1O. The topological polar surface area (TPSA) is 101 Å². The number of hydrogen-bond acceptors (Lipinski definition) is 5. The first-order valence-electron chi connectivity index (χ1n) is 6.61. The fourth-order valence-corrected chi connectivity index (χ4v) is 6.36. The third-order valence-corrected chi connectivity index (χ3v) is 7.03. The molecule has 0 amide bonds. The second-order valence-electron chi connectivity index (χ2n) is 5.04. The molecule has 0 unspecified atom stereocenters. The first-order valence-corrected chi connectivity index (χ1v) is 10.2. The number of rotatable bonds is 3. The summed E-state index contributed by atoms with van der Waals surface area (Å²) >= 11 is 3.28. The Labute approximate surface area is 155 Å². The van der Waals surface area contributed by atoms with Crippen LogP contribution in [0.5, 0.6) is 5.75 Å². The van der Waals surface area contributed by atoms with E-state index in [0.29, 0.717) is 0 Å². The first-order chi connectivity index (χ1) is 10.2. The molecule has 0 spiro atoms. The Bertz CT molecular complexity index is 695. The number of benzene rings is 1. The van der Waals surface area contributed by atoms with Crippen molar-refractivity contribution in [3.8, 4) is 5.75 Å². The first kappa shape index (κ1) is 18.2. The minimum atomic E-state index is -4.48. The average molecular weight is 552 g/mol. The van der Waals surface area contributed by atoms with Crippen molar-refractivity contribution in [3.05, 3.63) is 18.8 Å². The quantitative estimate of drug-likeness (QED) is 0.339. The minimum absolute atomic E-state index is 0.0910. The number of halogens is 2. The van der Waals surface area contributed by atoms with Crippen LogP contribution in [0.4, 0.5) is 0 Å². The molecular weight excluding hydrogens is 538 g/mol. The van der Waals surface area contributed by atoms with E-state index in [-0.39, 0.29) is 18.8 Å². The number of esters is 1. The number of carbonyl (C=O) groups excluding carboxylic acids is 1. The van der Waals surface area contributed by atoms with Gasteiger partial charge in [0.05, 0.1) is 3.57 Å². The molecule has 0 aromatic heterocycles. The number of phenols is 1. The van der Waals surface area contributed by atoms with Crippen LogP contribution in [0.2, 0.25) is 0 Å². The number of phenolic OH excluding ortho intramolecular Hbond substituents is 1. The summed E-state index contributed by atoms with van der Waals surface area (Å²) in [5.41, 5.74) is -0.0910. The van der Waals surface area contributed by atoms with Crippen molar-refractivity contribution in [1.82, 2.24) is 0 Å². The van der Waals surface area contributed by atoms with Gasteiger partial charge in [0.1, 0.15) is 22.3 Å². The zero-order valence-electron chi connectivity index (χ0n) is 11.4. The van der Waals surface area contributed by atoms with Gasteiger partial charge in [-0.25, -0.2) is 4.79 Å². The second kappa shape index (κ2) is 7.18. The molecule has 0 heterocycles. The van der Waals surface area contributed by atoms with Gasteiger partial charge in [-0.3, -0.25) is 4.55 Å². The van der Waals surface area contributed by atoms with Gasteiger partial charge in [0, 0.05) is 3.57 Å². The van der Waals surface area contributed by atoms with Crippen molar-refractivity contribution in [1.29, 1.82) is 0 Å². The molecule has 1 aliphatic rings. The molecule has 9 heteroatoms. The molecule has 1 aliphatic carbocycles. The summed E-state index contributed by atoms with van der Waals surface area (Å²) in [5.74, 6) is -1.17. The van der Waals surface area contributed by atoms with Crippen molar-refractivity contribution in [2.24, 2.45) is 0 Å². The standard InChI is InChI=1S/C13H14I2O6S/c14-9-6-8(11(16)10(15)12(9)22(18,19)20)13(17)21-7-4-2-1-3-5-7/h6-7,16H,1-5H2,(H,18,19,20). The average Bonchev–Trinajstić information content (AvgIpc) is 2.42. The highest BCUT2D eigenvalue weighted by atomic mass is 127. The van der Waals surface area contributed by atoms with E-state index >= 15 is 0 Å². The zero-order valence-corrected chi connectivity index (χ0v) is 16.5. The largest absolute Gasteiger partial charge is 0.506 e. The normalized spacial score (nSPS) is 16.5. The maximum Gasteiger partial charge on any atom is 0.342 e. The third-order valence-electron chi connectivity index (χ3n) is 3.45. The molecule has 0 radical (unpaired) electrons. The Morgan fingerprint density at radius 2 is 1.82 bits per heavy atom. The van der Waals surface area contributed by atoms with Gasteiger partial charge in [-0.1, -0.05) is 6.42 Å². The third kappa shape index (κ3) is 4.03. The summed E-state index contributed by atoms with van der Waals surface area (Å²) in [6.07, 6.45) is 4.55. The molecule has 1 fully saturated rings. The molecule has 0 bridgehead atoms. The number of hydrogen-bond donors (Lipinski definition) is 2. The van der Waals surface area contributed by atoms with Crippen molar-refractivity contribution < 1.29 is 27.6 Å². The summed E-state index contributed by atoms with van der Waals surface area (Å²) in [7, 11) is -4.48. The van der Waals surface area contributed by atoms with Crippen LogP contribution < -0.4 is 0 Å². The molecular formula is C13H14I2O6S. The van der Waals surface area contributed by atoms with E-state index in [9.17, 15) is 22.9 Å². The van der Waals surface area contributed by atoms with Gasteiger partial charge in [0.2, 0.25) is 0 Å². The van der Waals surface area contributed by atoms with Crippen molar-refractivity contribution >= 4 is 61.3 Å². The Balaban J connectivity index is 2.34. The van der Waals surface area contributed by atoms with Gasteiger partial charge in [-0.05, 0) is 76.9 Å². The molecule has 1 saturated carbocycles. The lowest BCUT2D eigenvalue weighted by atomic mass is 9.98. The van der Waals surface area contributed by atoms with Crippen LogP contribution >= 0.6 is 45.2 Å². The summed E-state index contributed by atoms with van der Waals surface area (Å²) in [6, 6.07) is 1.21. The van der Waals surface area contributed by atoms with E-state index in [1.54, 1.807) is 45.2 Å². The monoisotopic (exact) mass is 552 g/mol. The lowest BCUT2D eigenvalue weighted by molar-refractivity contribution is 0.0208. The van der Waals surface area contributed by atoms with E-state index < -0.39 is 26.7 Å². The van der Waals surface area contributed by atoms with Crippen LogP contribution in [0.1, 0.15) is 42.5 Å². The smallest absolute Gasteiger partial charge is 0.342 e. The lowest BCUT2D eigenvalue weighted by Gasteiger charge is -2.22. The van der Waals surface area contributed by atoms with E-state index in [2.05, 4.69) is 0 Å². The number of aromatic hydroxyl groups is 1. The maximum absolute atomic E-state index is 12.2. The Morgan fingerprint density at radius 3 is 2.36 bits per heavy atom. The van der Waals surface area contributed by atoms with E-state index in [0.717, 1.165) is 32.1 Å². The van der Waals surface area contributed by atoms with Crippen LogP contribution in [0.3, 0.4) is 0 Å². The van der Waals surface area contributed by atoms with Crippen molar-refractivity contribution in [3.63, 3.8) is 0 Å². The molecule has 2 N–H and O–H groups in total. The second-order valence-corrected chi connectivity index (χ2v) is 8.64. The Hall–Kier alpha value is -0.140. The van der Waals surface area contributed by atoms with Gasteiger partial charge in [-0.15, -0.1) is 0 Å². The number of carbonyl (C=O) groups is 1. The highest BCUT2D eigenvalue weighted by Crippen LogP contribution is 2.35. The van der Waals surface area contributed by atoms with Crippen molar-refractivity contribution in [2.75, 3.05) is 0 Å². The fraction of sp³-hybridized carbons (Fsp3) is 0.462. The molecule has 22 heavy (non-hydrogen) atoms. The van der Waals surface area contributed by atoms with Gasteiger partial charge in [0.25, 0.3) is 10.1 Å². The maximum atomic E-state index is 12.2. The van der Waals surface area contributed by atoms with Gasteiger partial charge in [0.15, 0.2) is 0 Å². The molecule has 0 aliphatic heterocycles. The Morgan fingerprint density at radius 1 is 1.23 bits per heavy atom. The molecule has 2 rings (SSSR count). The van der Waals surface area contributed by atoms with Gasteiger partial charge in [-0.2, -0.15) is 8.42 Å². The highest BCUT2D eigenvalue weighted by Gasteiger charge is 2.28. The fourth-order valence-electron chi connectivity index (χ4n) is 2.38. The van der Waals surface area contributed by atoms with E-state index in [1.807, 2.05) is 0 Å². The molecule has 0 saturated heterocycles. The summed E-state index contributed by atoms with van der Waals surface area (Å²) in [5, 5.41) is 10.1. The van der Waals surface area contributed by atoms with E-state index in [1.165, 1.54) is 6.07 Å². The predicted octanol–water partition coefficient (Wildman–Crippen LogP) is 3.34. The molecule has 6 nitrogen and oxygen atoms in total. The lowest BCUT2D eigenvalue weighted by Crippen LogP contribution is -2.21. The molecule has 122 valence electrons. The highest BCUT2D eigenvalue weighted by molar-refractivity contribution is 14.1. The van der Waals surface area contributed by atoms with Crippen LogP contribution in [0.15, 0.2) is 11.0 Å². The number of ether oxygens (including phenoxy) is 1. The molecule has 1 aromatic rings. The van der Waals surface area contributed by atoms with Crippen LogP contribution in [-0.2, 0) is 14.9 Å². The molecule has 0 atom stereocenters. The van der Waals surface area contributed by atoms with Crippen LogP contribution in [0.25, 0.3) is 0 Å². The van der Waals surface area contributed by atoms with E-state index in [4.69, 9.17) is 4.74 Å². The zero-order chi connectivity index (χ0) is 16.5. The van der Waals surface area contributed by atoms with Gasteiger partial charge < -0.3 is 9.84 Å². The summed E-state index contributed by atoms with van der Waals surface area (Å²) in [4.78, 5) is 11.8. The summed E-state index contributed by atoms with van der Waals surface area (Å²) in [6.45, 7) is 0. The minimum Gasteiger partial charge on any atom is -0.506 e.